The zero-order valence-corrected chi connectivity index (χ0v) is 21.2. The summed E-state index contributed by atoms with van der Waals surface area (Å²) < 4.78 is 52.7. The second kappa shape index (κ2) is 12.7. The average Bonchev–Trinajstić information content (AvgIpc) is 3.21. The first-order valence-electron chi connectivity index (χ1n) is 11.8. The van der Waals surface area contributed by atoms with E-state index >= 15 is 0 Å². The molecule has 1 aliphatic rings. The van der Waals surface area contributed by atoms with Crippen LogP contribution in [-0.2, 0) is 22.4 Å². The number of rotatable bonds is 11. The van der Waals surface area contributed by atoms with E-state index in [1.165, 1.54) is 36.7 Å². The first-order chi connectivity index (χ1) is 18.6. The number of imide groups is 1. The van der Waals surface area contributed by atoms with Gasteiger partial charge in [0.2, 0.25) is 5.91 Å². The molecule has 0 bridgehead atoms. The summed E-state index contributed by atoms with van der Waals surface area (Å²) in [4.78, 5) is 39.6. The lowest BCUT2D eigenvalue weighted by Crippen LogP contribution is -2.25. The number of ether oxygens (including phenoxy) is 3. The molecular formula is C27H23F3N2O6S. The standard InChI is InChI=1S/C27H23F3N2O6S/c28-27(29,30)38-21-9-5-17(6-10-21)14-22(37-25(34)19-2-1-12-31-16-19)11-13-36-20-7-3-18(4-8-20)15-23-24(33)32-26(35)39-23/h1-10,12,16,22-23H,11,13-15H2,(H,32,33,35). The van der Waals surface area contributed by atoms with E-state index in [4.69, 9.17) is 9.47 Å². The second-order valence-electron chi connectivity index (χ2n) is 8.53. The normalized spacial score (nSPS) is 15.9. The smallest absolute Gasteiger partial charge is 0.493 e. The van der Waals surface area contributed by atoms with Crippen molar-refractivity contribution in [3.63, 3.8) is 0 Å². The molecule has 1 aromatic heterocycles. The number of esters is 1. The van der Waals surface area contributed by atoms with E-state index in [1.54, 1.807) is 36.4 Å². The summed E-state index contributed by atoms with van der Waals surface area (Å²) >= 11 is 0.963. The second-order valence-corrected chi connectivity index (χ2v) is 9.71. The van der Waals surface area contributed by atoms with E-state index in [2.05, 4.69) is 15.0 Å². The average molecular weight is 561 g/mol. The number of carbonyl (C=O) groups is 3. The van der Waals surface area contributed by atoms with Gasteiger partial charge in [0.25, 0.3) is 5.24 Å². The fourth-order valence-electron chi connectivity index (χ4n) is 3.77. The number of pyridine rings is 1. The third kappa shape index (κ3) is 8.74. The lowest BCUT2D eigenvalue weighted by Gasteiger charge is -2.19. The third-order valence-corrected chi connectivity index (χ3v) is 6.59. The van der Waals surface area contributed by atoms with Crippen LogP contribution in [0.1, 0.15) is 27.9 Å². The molecule has 1 saturated heterocycles. The molecule has 1 N–H and O–H groups in total. The van der Waals surface area contributed by atoms with Gasteiger partial charge in [0.1, 0.15) is 17.6 Å². The number of hydrogen-bond acceptors (Lipinski definition) is 8. The highest BCUT2D eigenvalue weighted by atomic mass is 32.2. The van der Waals surface area contributed by atoms with Gasteiger partial charge in [0, 0.05) is 25.2 Å². The summed E-state index contributed by atoms with van der Waals surface area (Å²) in [6.45, 7) is 0.189. The Morgan fingerprint density at radius 3 is 2.31 bits per heavy atom. The number of nitrogens with one attached hydrogen (secondary N) is 1. The summed E-state index contributed by atoms with van der Waals surface area (Å²) in [6.07, 6.45) is -1.58. The lowest BCUT2D eigenvalue weighted by atomic mass is 10.1. The van der Waals surface area contributed by atoms with Crippen molar-refractivity contribution in [2.24, 2.45) is 0 Å². The topological polar surface area (TPSA) is 104 Å². The van der Waals surface area contributed by atoms with Gasteiger partial charge >= 0.3 is 12.3 Å². The van der Waals surface area contributed by atoms with Gasteiger partial charge in [-0.25, -0.2) is 4.79 Å². The number of thioether (sulfide) groups is 1. The molecule has 2 amide bonds. The van der Waals surface area contributed by atoms with Crippen molar-refractivity contribution in [2.45, 2.75) is 37.0 Å². The Bertz CT molecular complexity index is 1290. The van der Waals surface area contributed by atoms with E-state index < -0.39 is 23.7 Å². The van der Waals surface area contributed by atoms with E-state index in [1.807, 2.05) is 0 Å². The van der Waals surface area contributed by atoms with Crippen LogP contribution in [0.2, 0.25) is 0 Å². The number of amides is 2. The van der Waals surface area contributed by atoms with E-state index in [0.717, 1.165) is 17.3 Å². The monoisotopic (exact) mass is 560 g/mol. The Morgan fingerprint density at radius 1 is 1.00 bits per heavy atom. The Hall–Kier alpha value is -4.06. The predicted octanol–water partition coefficient (Wildman–Crippen LogP) is 5.11. The van der Waals surface area contributed by atoms with Crippen molar-refractivity contribution in [3.05, 3.63) is 89.7 Å². The molecule has 3 aromatic rings. The van der Waals surface area contributed by atoms with Crippen molar-refractivity contribution < 1.29 is 41.8 Å². The summed E-state index contributed by atoms with van der Waals surface area (Å²) in [6, 6.07) is 15.6. The lowest BCUT2D eigenvalue weighted by molar-refractivity contribution is -0.274. The van der Waals surface area contributed by atoms with Crippen LogP contribution in [0.15, 0.2) is 73.1 Å². The zero-order chi connectivity index (χ0) is 27.8. The van der Waals surface area contributed by atoms with Gasteiger partial charge in [-0.1, -0.05) is 36.0 Å². The molecule has 0 radical (unpaired) electrons. The van der Waals surface area contributed by atoms with Gasteiger partial charge in [-0.2, -0.15) is 0 Å². The maximum Gasteiger partial charge on any atom is 0.573 e. The number of nitrogens with zero attached hydrogens (tertiary/aromatic N) is 1. The highest BCUT2D eigenvalue weighted by Crippen LogP contribution is 2.25. The van der Waals surface area contributed by atoms with Crippen LogP contribution in [0.25, 0.3) is 0 Å². The van der Waals surface area contributed by atoms with Gasteiger partial charge < -0.3 is 14.2 Å². The number of hydrogen-bond donors (Lipinski definition) is 1. The highest BCUT2D eigenvalue weighted by molar-refractivity contribution is 8.15. The summed E-state index contributed by atoms with van der Waals surface area (Å²) in [7, 11) is 0. The van der Waals surface area contributed by atoms with Crippen molar-refractivity contribution in [2.75, 3.05) is 6.61 Å². The molecule has 204 valence electrons. The van der Waals surface area contributed by atoms with Crippen molar-refractivity contribution in [1.29, 1.82) is 0 Å². The zero-order valence-electron chi connectivity index (χ0n) is 20.4. The molecule has 39 heavy (non-hydrogen) atoms. The Morgan fingerprint density at radius 2 is 1.69 bits per heavy atom. The molecule has 2 aromatic carbocycles. The molecule has 12 heteroatoms. The molecule has 1 fully saturated rings. The van der Waals surface area contributed by atoms with Gasteiger partial charge in [-0.15, -0.1) is 13.2 Å². The number of halogens is 3. The number of benzene rings is 2. The Labute approximate surface area is 225 Å². The first kappa shape index (κ1) is 28.0. The quantitative estimate of drug-likeness (QED) is 0.323. The molecule has 1 aliphatic heterocycles. The van der Waals surface area contributed by atoms with Crippen LogP contribution in [-0.4, -0.2) is 46.4 Å². The fraction of sp³-hybridized carbons (Fsp3) is 0.259. The van der Waals surface area contributed by atoms with Gasteiger partial charge in [-0.3, -0.25) is 19.9 Å². The van der Waals surface area contributed by atoms with Crippen LogP contribution in [0, 0.1) is 0 Å². The summed E-state index contributed by atoms with van der Waals surface area (Å²) in [5, 5.41) is 1.44. The third-order valence-electron chi connectivity index (χ3n) is 5.61. The molecule has 8 nitrogen and oxygen atoms in total. The van der Waals surface area contributed by atoms with Gasteiger partial charge in [-0.05, 0) is 53.9 Å². The van der Waals surface area contributed by atoms with Crippen molar-refractivity contribution in [1.82, 2.24) is 10.3 Å². The predicted molar refractivity (Wildman–Crippen MR) is 135 cm³/mol. The van der Waals surface area contributed by atoms with Crippen molar-refractivity contribution in [3.8, 4) is 11.5 Å². The number of carbonyl (C=O) groups excluding carboxylic acids is 3. The molecule has 2 unspecified atom stereocenters. The van der Waals surface area contributed by atoms with Gasteiger partial charge in [0.05, 0.1) is 17.4 Å². The van der Waals surface area contributed by atoms with E-state index in [0.29, 0.717) is 24.2 Å². The summed E-state index contributed by atoms with van der Waals surface area (Å²) in [5.41, 5.74) is 1.78. The Balaban J connectivity index is 1.35. The minimum atomic E-state index is -4.79. The van der Waals surface area contributed by atoms with E-state index in [-0.39, 0.29) is 35.5 Å². The molecule has 4 rings (SSSR count). The Kier molecular flexibility index (Phi) is 9.07. The number of aromatic nitrogens is 1. The van der Waals surface area contributed by atoms with Crippen LogP contribution >= 0.6 is 11.8 Å². The SMILES string of the molecule is O=C1NC(=O)C(Cc2ccc(OCCC(Cc3ccc(OC(F)(F)F)cc3)OC(=O)c3cccnc3)cc2)S1. The van der Waals surface area contributed by atoms with E-state index in [9.17, 15) is 27.6 Å². The van der Waals surface area contributed by atoms with Crippen LogP contribution < -0.4 is 14.8 Å². The molecule has 2 atom stereocenters. The van der Waals surface area contributed by atoms with Crippen molar-refractivity contribution >= 4 is 28.9 Å². The highest BCUT2D eigenvalue weighted by Gasteiger charge is 2.32. The maximum absolute atomic E-state index is 12.6. The molecule has 0 saturated carbocycles. The minimum absolute atomic E-state index is 0.189. The minimum Gasteiger partial charge on any atom is -0.493 e. The molecule has 2 heterocycles. The van der Waals surface area contributed by atoms with Crippen LogP contribution in [0.5, 0.6) is 11.5 Å². The van der Waals surface area contributed by atoms with Crippen LogP contribution in [0.4, 0.5) is 18.0 Å². The first-order valence-corrected chi connectivity index (χ1v) is 12.7. The maximum atomic E-state index is 12.6. The van der Waals surface area contributed by atoms with Crippen LogP contribution in [0.3, 0.4) is 0 Å². The molecular weight excluding hydrogens is 537 g/mol. The fourth-order valence-corrected chi connectivity index (χ4v) is 4.63. The molecule has 0 spiro atoms. The largest absolute Gasteiger partial charge is 0.573 e. The number of alkyl halides is 3. The van der Waals surface area contributed by atoms with Gasteiger partial charge in [0.15, 0.2) is 0 Å². The molecule has 0 aliphatic carbocycles. The summed E-state index contributed by atoms with van der Waals surface area (Å²) in [5.74, 6) is -0.675.